The second kappa shape index (κ2) is 8.99. The Kier molecular flexibility index (Phi) is 5.90. The number of benzene rings is 3. The number of carbonyl (C=O) groups is 2. The topological polar surface area (TPSA) is 61.4 Å². The average Bonchev–Trinajstić information content (AvgIpc) is 3.70. The number of amides is 2. The molecule has 5 rings (SSSR count). The highest BCUT2D eigenvalue weighted by atomic mass is 16.2. The Labute approximate surface area is 195 Å². The van der Waals surface area contributed by atoms with Crippen LogP contribution in [0.25, 0.3) is 10.8 Å². The van der Waals surface area contributed by atoms with Gasteiger partial charge in [-0.3, -0.25) is 9.59 Å². The second-order valence-corrected chi connectivity index (χ2v) is 9.34. The zero-order chi connectivity index (χ0) is 22.9. The van der Waals surface area contributed by atoms with Crippen LogP contribution in [0.4, 0.5) is 5.69 Å². The maximum atomic E-state index is 13.8. The number of nitrogens with one attached hydrogen (secondary N) is 2. The molecule has 2 N–H and O–H groups in total. The van der Waals surface area contributed by atoms with Crippen LogP contribution in [-0.2, 0) is 22.6 Å². The van der Waals surface area contributed by atoms with Crippen LogP contribution >= 0.6 is 0 Å². The lowest BCUT2D eigenvalue weighted by atomic mass is 9.98. The van der Waals surface area contributed by atoms with Crippen LogP contribution in [0.2, 0.25) is 0 Å². The highest BCUT2D eigenvalue weighted by molar-refractivity contribution is 6.01. The predicted molar refractivity (Wildman–Crippen MR) is 132 cm³/mol. The van der Waals surface area contributed by atoms with Crippen LogP contribution in [0.1, 0.15) is 48.8 Å². The molecule has 0 bridgehead atoms. The molecule has 0 saturated heterocycles. The van der Waals surface area contributed by atoms with Gasteiger partial charge < -0.3 is 15.5 Å². The minimum Gasteiger partial charge on any atom is -0.343 e. The standard InChI is InChI=1S/C28H31N3O2/c1-18(29-2)27(32)30-25-14-13-20-7-4-6-10-26(20)31(28(25)33)17-23-16-22(19-11-12-19)15-21-8-3-5-9-24(21)23/h3-10,15-16,18-19,25,29H,11-14,17H2,1-2H3,(H,30,32). The summed E-state index contributed by atoms with van der Waals surface area (Å²) in [7, 11) is 1.75. The molecule has 1 aliphatic heterocycles. The maximum absolute atomic E-state index is 13.8. The zero-order valence-electron chi connectivity index (χ0n) is 19.3. The van der Waals surface area contributed by atoms with Gasteiger partial charge in [0.2, 0.25) is 11.8 Å². The molecule has 2 amide bonds. The summed E-state index contributed by atoms with van der Waals surface area (Å²) in [6, 6.07) is 20.3. The molecular weight excluding hydrogens is 410 g/mol. The first-order valence-corrected chi connectivity index (χ1v) is 11.9. The van der Waals surface area contributed by atoms with E-state index in [9.17, 15) is 9.59 Å². The number of anilines is 1. The monoisotopic (exact) mass is 441 g/mol. The number of para-hydroxylation sites is 1. The molecule has 1 saturated carbocycles. The Hall–Kier alpha value is -3.18. The third-order valence-corrected chi connectivity index (χ3v) is 7.04. The Balaban J connectivity index is 1.53. The van der Waals surface area contributed by atoms with E-state index >= 15 is 0 Å². The third-order valence-electron chi connectivity index (χ3n) is 7.04. The van der Waals surface area contributed by atoms with E-state index in [1.54, 1.807) is 14.0 Å². The quantitative estimate of drug-likeness (QED) is 0.600. The average molecular weight is 442 g/mol. The van der Waals surface area contributed by atoms with Crippen molar-refractivity contribution in [3.63, 3.8) is 0 Å². The third kappa shape index (κ3) is 4.38. The van der Waals surface area contributed by atoms with Crippen LogP contribution in [0.3, 0.4) is 0 Å². The van der Waals surface area contributed by atoms with Gasteiger partial charge in [0.25, 0.3) is 0 Å². The van der Waals surface area contributed by atoms with Gasteiger partial charge in [-0.2, -0.15) is 0 Å². The molecule has 1 fully saturated rings. The lowest BCUT2D eigenvalue weighted by Gasteiger charge is -2.28. The second-order valence-electron chi connectivity index (χ2n) is 9.34. The van der Waals surface area contributed by atoms with Crippen molar-refractivity contribution in [2.75, 3.05) is 11.9 Å². The van der Waals surface area contributed by atoms with Crippen LogP contribution in [0.15, 0.2) is 60.7 Å². The smallest absolute Gasteiger partial charge is 0.249 e. The van der Waals surface area contributed by atoms with Gasteiger partial charge in [-0.15, -0.1) is 0 Å². The lowest BCUT2D eigenvalue weighted by molar-refractivity contribution is -0.128. The molecule has 2 unspecified atom stereocenters. The first-order chi connectivity index (χ1) is 16.0. The number of carbonyl (C=O) groups excluding carboxylic acids is 2. The van der Waals surface area contributed by atoms with Crippen LogP contribution in [0, 0.1) is 0 Å². The molecule has 3 aromatic rings. The molecule has 170 valence electrons. The molecule has 1 heterocycles. The minimum atomic E-state index is -0.543. The van der Waals surface area contributed by atoms with E-state index in [2.05, 4.69) is 53.1 Å². The fourth-order valence-corrected chi connectivity index (χ4v) is 4.81. The number of rotatable bonds is 6. The molecule has 33 heavy (non-hydrogen) atoms. The van der Waals surface area contributed by atoms with Gasteiger partial charge in [0.15, 0.2) is 0 Å². The molecule has 0 spiro atoms. The van der Waals surface area contributed by atoms with Gasteiger partial charge in [0.1, 0.15) is 6.04 Å². The first-order valence-electron chi connectivity index (χ1n) is 11.9. The normalized spacial score (nSPS) is 19.2. The van der Waals surface area contributed by atoms with Crippen molar-refractivity contribution in [2.24, 2.45) is 0 Å². The molecule has 1 aliphatic carbocycles. The number of hydrogen-bond acceptors (Lipinski definition) is 3. The van der Waals surface area contributed by atoms with Crippen molar-refractivity contribution in [1.29, 1.82) is 0 Å². The van der Waals surface area contributed by atoms with Crippen LogP contribution in [-0.4, -0.2) is 30.9 Å². The minimum absolute atomic E-state index is 0.0440. The number of hydrogen-bond donors (Lipinski definition) is 2. The zero-order valence-corrected chi connectivity index (χ0v) is 19.3. The number of likely N-dealkylation sites (N-methyl/N-ethyl adjacent to an activating group) is 1. The van der Waals surface area contributed by atoms with Crippen molar-refractivity contribution in [1.82, 2.24) is 10.6 Å². The Morgan fingerprint density at radius 3 is 2.61 bits per heavy atom. The van der Waals surface area contributed by atoms with Gasteiger partial charge in [0, 0.05) is 5.69 Å². The summed E-state index contributed by atoms with van der Waals surface area (Å²) in [5.74, 6) is 0.441. The van der Waals surface area contributed by atoms with Crippen LogP contribution < -0.4 is 15.5 Å². The molecule has 5 heteroatoms. The van der Waals surface area contributed by atoms with Crippen LogP contribution in [0.5, 0.6) is 0 Å². The Bertz CT molecular complexity index is 1200. The van der Waals surface area contributed by atoms with E-state index in [1.165, 1.54) is 29.2 Å². The summed E-state index contributed by atoms with van der Waals surface area (Å²) in [5, 5.41) is 8.36. The molecule has 5 nitrogen and oxygen atoms in total. The Morgan fingerprint density at radius 2 is 1.82 bits per heavy atom. The molecule has 2 aliphatic rings. The largest absolute Gasteiger partial charge is 0.343 e. The van der Waals surface area contributed by atoms with Gasteiger partial charge in [-0.25, -0.2) is 0 Å². The summed E-state index contributed by atoms with van der Waals surface area (Å²) in [6.07, 6.45) is 3.82. The van der Waals surface area contributed by atoms with Gasteiger partial charge in [-0.05, 0) is 79.1 Å². The fourth-order valence-electron chi connectivity index (χ4n) is 4.81. The summed E-state index contributed by atoms with van der Waals surface area (Å²) in [5.41, 5.74) is 4.62. The van der Waals surface area contributed by atoms with Crippen molar-refractivity contribution in [3.05, 3.63) is 77.4 Å². The maximum Gasteiger partial charge on any atom is 0.249 e. The fraction of sp³-hybridized carbons (Fsp3) is 0.357. The van der Waals surface area contributed by atoms with E-state index in [-0.39, 0.29) is 17.9 Å². The number of aryl methyl sites for hydroxylation is 1. The summed E-state index contributed by atoms with van der Waals surface area (Å²) in [6.45, 7) is 2.30. The lowest BCUT2D eigenvalue weighted by Crippen LogP contribution is -2.52. The van der Waals surface area contributed by atoms with Crippen molar-refractivity contribution in [2.45, 2.75) is 57.2 Å². The Morgan fingerprint density at radius 1 is 1.06 bits per heavy atom. The van der Waals surface area contributed by atoms with E-state index in [1.807, 2.05) is 23.1 Å². The van der Waals surface area contributed by atoms with E-state index in [4.69, 9.17) is 0 Å². The molecular formula is C28H31N3O2. The molecule has 2 atom stereocenters. The molecule has 3 aromatic carbocycles. The van der Waals surface area contributed by atoms with Crippen molar-refractivity contribution >= 4 is 28.3 Å². The van der Waals surface area contributed by atoms with E-state index in [0.29, 0.717) is 18.9 Å². The summed E-state index contributed by atoms with van der Waals surface area (Å²) < 4.78 is 0. The van der Waals surface area contributed by atoms with E-state index in [0.717, 1.165) is 23.2 Å². The first kappa shape index (κ1) is 21.7. The number of nitrogens with zero attached hydrogens (tertiary/aromatic N) is 1. The number of fused-ring (bicyclic) bond motifs is 2. The molecule has 0 aromatic heterocycles. The summed E-state index contributed by atoms with van der Waals surface area (Å²) >= 11 is 0. The highest BCUT2D eigenvalue weighted by Gasteiger charge is 2.33. The predicted octanol–water partition coefficient (Wildman–Crippen LogP) is 4.29. The highest BCUT2D eigenvalue weighted by Crippen LogP contribution is 2.42. The van der Waals surface area contributed by atoms with Crippen molar-refractivity contribution < 1.29 is 9.59 Å². The van der Waals surface area contributed by atoms with Gasteiger partial charge >= 0.3 is 0 Å². The van der Waals surface area contributed by atoms with Crippen molar-refractivity contribution in [3.8, 4) is 0 Å². The molecule has 0 radical (unpaired) electrons. The van der Waals surface area contributed by atoms with E-state index < -0.39 is 6.04 Å². The van der Waals surface area contributed by atoms with Gasteiger partial charge in [-0.1, -0.05) is 54.6 Å². The van der Waals surface area contributed by atoms with Gasteiger partial charge in [0.05, 0.1) is 12.6 Å². The summed E-state index contributed by atoms with van der Waals surface area (Å²) in [4.78, 5) is 28.3. The SMILES string of the molecule is CNC(C)C(=O)NC1CCc2ccccc2N(Cc2cc(C3CC3)cc3ccccc23)C1=O.